The van der Waals surface area contributed by atoms with Crippen LogP contribution < -0.4 is 21.7 Å². The maximum Gasteiger partial charge on any atom is 0.251 e. The molecule has 0 aromatic heterocycles. The molecular formula is C18H30IN5O3. The predicted molar refractivity (Wildman–Crippen MR) is 117 cm³/mol. The Bertz CT molecular complexity index is 593. The van der Waals surface area contributed by atoms with E-state index in [0.29, 0.717) is 12.1 Å². The summed E-state index contributed by atoms with van der Waals surface area (Å²) in [6, 6.07) is 7.07. The Balaban J connectivity index is 0.00000676. The summed E-state index contributed by atoms with van der Waals surface area (Å²) >= 11 is 0. The quantitative estimate of drug-likeness (QED) is 0.160. The lowest BCUT2D eigenvalue weighted by Gasteiger charge is -2.11. The van der Waals surface area contributed by atoms with E-state index in [4.69, 9.17) is 10.5 Å². The average Bonchev–Trinajstić information content (AvgIpc) is 2.64. The van der Waals surface area contributed by atoms with Crippen LogP contribution in [0, 0.1) is 0 Å². The lowest BCUT2D eigenvalue weighted by molar-refractivity contribution is -0.117. The number of nitrogens with zero attached hydrogens (tertiary/aromatic N) is 1. The largest absolute Gasteiger partial charge is 0.382 e. The molecule has 0 bridgehead atoms. The first kappa shape index (κ1) is 25.1. The fourth-order valence-corrected chi connectivity index (χ4v) is 2.07. The van der Waals surface area contributed by atoms with Gasteiger partial charge >= 0.3 is 0 Å². The first-order chi connectivity index (χ1) is 12.6. The number of nitrogens with one attached hydrogen (secondary N) is 3. The van der Waals surface area contributed by atoms with Crippen molar-refractivity contribution >= 4 is 41.8 Å². The van der Waals surface area contributed by atoms with E-state index in [1.54, 1.807) is 12.1 Å². The van der Waals surface area contributed by atoms with Crippen molar-refractivity contribution in [2.75, 3.05) is 32.8 Å². The molecular weight excluding hydrogens is 461 g/mol. The Morgan fingerprint density at radius 1 is 1.11 bits per heavy atom. The van der Waals surface area contributed by atoms with Gasteiger partial charge in [0, 0.05) is 31.9 Å². The number of aliphatic imine (C=N–C) groups is 1. The number of carbonyl (C=O) groups excluding carboxylic acids is 2. The van der Waals surface area contributed by atoms with Gasteiger partial charge in [0.05, 0.1) is 13.1 Å². The SMILES string of the molecule is CCNC(=NCc1ccc(C(=O)NCC(N)=O)cc1)NCCCOCC.I. The smallest absolute Gasteiger partial charge is 0.251 e. The van der Waals surface area contributed by atoms with E-state index in [1.807, 2.05) is 26.0 Å². The van der Waals surface area contributed by atoms with Crippen LogP contribution >= 0.6 is 24.0 Å². The molecule has 0 aliphatic rings. The van der Waals surface area contributed by atoms with Crippen molar-refractivity contribution in [3.05, 3.63) is 35.4 Å². The third kappa shape index (κ3) is 11.4. The molecule has 1 aromatic rings. The standard InChI is InChI=1S/C18H29N5O3.HI/c1-3-20-18(21-10-5-11-26-4-2)23-12-14-6-8-15(9-7-14)17(25)22-13-16(19)24;/h6-9H,3-5,10-13H2,1-2H3,(H2,19,24)(H,22,25)(H2,20,21,23);1H. The van der Waals surface area contributed by atoms with Gasteiger partial charge < -0.3 is 26.4 Å². The third-order valence-electron chi connectivity index (χ3n) is 3.37. The number of benzene rings is 1. The molecule has 5 N–H and O–H groups in total. The van der Waals surface area contributed by atoms with Crippen molar-refractivity contribution in [2.45, 2.75) is 26.8 Å². The van der Waals surface area contributed by atoms with Crippen LogP contribution in [-0.2, 0) is 16.1 Å². The second-order valence-corrected chi connectivity index (χ2v) is 5.52. The van der Waals surface area contributed by atoms with Gasteiger partial charge in [0.25, 0.3) is 5.91 Å². The van der Waals surface area contributed by atoms with E-state index in [1.165, 1.54) is 0 Å². The molecule has 0 saturated carbocycles. The van der Waals surface area contributed by atoms with Crippen LogP contribution in [0.5, 0.6) is 0 Å². The molecule has 0 aliphatic carbocycles. The zero-order valence-corrected chi connectivity index (χ0v) is 18.2. The summed E-state index contributed by atoms with van der Waals surface area (Å²) in [5.41, 5.74) is 6.45. The van der Waals surface area contributed by atoms with E-state index in [2.05, 4.69) is 20.9 Å². The van der Waals surface area contributed by atoms with Crippen LogP contribution in [0.1, 0.15) is 36.2 Å². The normalized spacial score (nSPS) is 10.7. The highest BCUT2D eigenvalue weighted by molar-refractivity contribution is 14.0. The van der Waals surface area contributed by atoms with Gasteiger partial charge in [0.2, 0.25) is 5.91 Å². The Labute approximate surface area is 177 Å². The molecule has 0 radical (unpaired) electrons. The second kappa shape index (κ2) is 15.2. The molecule has 1 aromatic carbocycles. The lowest BCUT2D eigenvalue weighted by Crippen LogP contribution is -2.38. The maximum absolute atomic E-state index is 11.8. The highest BCUT2D eigenvalue weighted by atomic mass is 127. The number of nitrogens with two attached hydrogens (primary N) is 1. The number of amides is 2. The summed E-state index contributed by atoms with van der Waals surface area (Å²) in [7, 11) is 0. The number of rotatable bonds is 11. The third-order valence-corrected chi connectivity index (χ3v) is 3.37. The van der Waals surface area contributed by atoms with Crippen LogP contribution in [0.2, 0.25) is 0 Å². The molecule has 9 heteroatoms. The maximum atomic E-state index is 11.8. The molecule has 0 atom stereocenters. The number of halogens is 1. The Kier molecular flexibility index (Phi) is 14.1. The highest BCUT2D eigenvalue weighted by Crippen LogP contribution is 2.05. The van der Waals surface area contributed by atoms with Gasteiger partial charge in [-0.3, -0.25) is 9.59 Å². The number of hydrogen-bond acceptors (Lipinski definition) is 4. The van der Waals surface area contributed by atoms with Crippen LogP contribution in [0.25, 0.3) is 0 Å². The summed E-state index contributed by atoms with van der Waals surface area (Å²) < 4.78 is 5.31. The molecule has 0 aliphatic heterocycles. The minimum Gasteiger partial charge on any atom is -0.382 e. The Morgan fingerprint density at radius 3 is 2.41 bits per heavy atom. The number of guanidine groups is 1. The molecule has 0 unspecified atom stereocenters. The summed E-state index contributed by atoms with van der Waals surface area (Å²) in [6.45, 7) is 7.31. The lowest BCUT2D eigenvalue weighted by atomic mass is 10.1. The molecule has 152 valence electrons. The van der Waals surface area contributed by atoms with Crippen molar-refractivity contribution in [3.8, 4) is 0 Å². The number of ether oxygens (including phenoxy) is 1. The monoisotopic (exact) mass is 491 g/mol. The fourth-order valence-electron chi connectivity index (χ4n) is 2.07. The number of hydrogen-bond donors (Lipinski definition) is 4. The summed E-state index contributed by atoms with van der Waals surface area (Å²) in [5, 5.41) is 8.90. The van der Waals surface area contributed by atoms with Crippen molar-refractivity contribution in [2.24, 2.45) is 10.7 Å². The Morgan fingerprint density at radius 2 is 1.81 bits per heavy atom. The van der Waals surface area contributed by atoms with E-state index in [-0.39, 0.29) is 36.4 Å². The zero-order chi connectivity index (χ0) is 19.2. The molecule has 0 heterocycles. The van der Waals surface area contributed by atoms with Gasteiger partial charge in [-0.15, -0.1) is 24.0 Å². The molecule has 1 rings (SSSR count). The zero-order valence-electron chi connectivity index (χ0n) is 15.9. The summed E-state index contributed by atoms with van der Waals surface area (Å²) in [5.74, 6) is -0.163. The van der Waals surface area contributed by atoms with E-state index in [0.717, 1.165) is 44.2 Å². The molecule has 0 saturated heterocycles. The van der Waals surface area contributed by atoms with Crippen LogP contribution in [0.4, 0.5) is 0 Å². The van der Waals surface area contributed by atoms with Crippen LogP contribution in [0.15, 0.2) is 29.3 Å². The number of primary amides is 1. The summed E-state index contributed by atoms with van der Waals surface area (Å²) in [4.78, 5) is 27.0. The van der Waals surface area contributed by atoms with Crippen molar-refractivity contribution in [1.82, 2.24) is 16.0 Å². The first-order valence-electron chi connectivity index (χ1n) is 8.82. The van der Waals surface area contributed by atoms with Crippen molar-refractivity contribution in [1.29, 1.82) is 0 Å². The molecule has 0 spiro atoms. The highest BCUT2D eigenvalue weighted by Gasteiger charge is 2.06. The minimum absolute atomic E-state index is 0. The van der Waals surface area contributed by atoms with Gasteiger partial charge in [-0.1, -0.05) is 12.1 Å². The predicted octanol–water partition coefficient (Wildman–Crippen LogP) is 1.00. The second-order valence-electron chi connectivity index (χ2n) is 5.52. The molecule has 27 heavy (non-hydrogen) atoms. The van der Waals surface area contributed by atoms with E-state index < -0.39 is 5.91 Å². The van der Waals surface area contributed by atoms with Crippen molar-refractivity contribution < 1.29 is 14.3 Å². The van der Waals surface area contributed by atoms with Gasteiger partial charge in [0.1, 0.15) is 0 Å². The van der Waals surface area contributed by atoms with Crippen LogP contribution in [-0.4, -0.2) is 50.6 Å². The minimum atomic E-state index is -0.575. The van der Waals surface area contributed by atoms with E-state index >= 15 is 0 Å². The average molecular weight is 491 g/mol. The van der Waals surface area contributed by atoms with Gasteiger partial charge in [-0.25, -0.2) is 4.99 Å². The molecule has 0 fully saturated rings. The van der Waals surface area contributed by atoms with Gasteiger partial charge in [0.15, 0.2) is 5.96 Å². The topological polar surface area (TPSA) is 118 Å². The number of carbonyl (C=O) groups is 2. The molecule has 2 amide bonds. The van der Waals surface area contributed by atoms with Crippen molar-refractivity contribution in [3.63, 3.8) is 0 Å². The fraction of sp³-hybridized carbons (Fsp3) is 0.500. The molecule has 8 nitrogen and oxygen atoms in total. The summed E-state index contributed by atoms with van der Waals surface area (Å²) in [6.07, 6.45) is 0.910. The van der Waals surface area contributed by atoms with Gasteiger partial charge in [-0.05, 0) is 38.0 Å². The van der Waals surface area contributed by atoms with Gasteiger partial charge in [-0.2, -0.15) is 0 Å². The van der Waals surface area contributed by atoms with E-state index in [9.17, 15) is 9.59 Å². The first-order valence-corrected chi connectivity index (χ1v) is 8.82. The van der Waals surface area contributed by atoms with Crippen LogP contribution in [0.3, 0.4) is 0 Å². The Hall–Kier alpha value is -1.88.